The van der Waals surface area contributed by atoms with Crippen molar-refractivity contribution < 1.29 is 18.6 Å². The molecular formula is C33H32FNO3. The van der Waals surface area contributed by atoms with Gasteiger partial charge in [0.1, 0.15) is 23.1 Å². The van der Waals surface area contributed by atoms with Gasteiger partial charge in [0.2, 0.25) is 0 Å². The molecule has 38 heavy (non-hydrogen) atoms. The molecule has 4 aromatic rings. The number of piperidine rings is 1. The monoisotopic (exact) mass is 509 g/mol. The van der Waals surface area contributed by atoms with E-state index in [1.54, 1.807) is 26.4 Å². The molecule has 2 heterocycles. The minimum Gasteiger partial charge on any atom is -0.497 e. The van der Waals surface area contributed by atoms with E-state index in [0.717, 1.165) is 40.6 Å². The fourth-order valence-corrected chi connectivity index (χ4v) is 5.86. The quantitative estimate of drug-likeness (QED) is 0.277. The summed E-state index contributed by atoms with van der Waals surface area (Å²) < 4.78 is 33.8. The summed E-state index contributed by atoms with van der Waals surface area (Å²) in [6, 6.07) is 21.2. The van der Waals surface area contributed by atoms with Gasteiger partial charge < -0.3 is 19.1 Å². The number of methoxy groups -OCH3 is 2. The fraction of sp³-hybridized carbons (Fsp3) is 0.273. The Morgan fingerprint density at radius 2 is 1.66 bits per heavy atom. The molecule has 1 atom stereocenters. The van der Waals surface area contributed by atoms with E-state index < -0.39 is 5.60 Å². The van der Waals surface area contributed by atoms with Gasteiger partial charge in [0.15, 0.2) is 5.60 Å². The molecule has 1 fully saturated rings. The minimum absolute atomic E-state index is 0.314. The van der Waals surface area contributed by atoms with Crippen LogP contribution in [0.3, 0.4) is 0 Å². The molecule has 0 aliphatic carbocycles. The number of benzene rings is 4. The number of nitrogens with zero attached hydrogens (tertiary/aromatic N) is 1. The predicted octanol–water partition coefficient (Wildman–Crippen LogP) is 7.64. The van der Waals surface area contributed by atoms with E-state index in [4.69, 9.17) is 14.2 Å². The summed E-state index contributed by atoms with van der Waals surface area (Å²) in [5.74, 6) is 1.71. The zero-order chi connectivity index (χ0) is 26.3. The first kappa shape index (κ1) is 24.4. The molecule has 6 rings (SSSR count). The summed E-state index contributed by atoms with van der Waals surface area (Å²) in [5.41, 5.74) is 3.38. The van der Waals surface area contributed by atoms with E-state index in [2.05, 4.69) is 42.2 Å². The number of hydrogen-bond donors (Lipinski definition) is 0. The Bertz CT molecular complexity index is 1520. The molecule has 0 aromatic heterocycles. The Morgan fingerprint density at radius 3 is 2.37 bits per heavy atom. The highest BCUT2D eigenvalue weighted by molar-refractivity contribution is 6.00. The molecule has 1 saturated heterocycles. The second kappa shape index (κ2) is 9.71. The SMILES string of the molecule is COc1cc(OC)c2c3c(cc(C)c2c1)C=CC(c1ccc(N2CCCCC2)cc1)(c1ccccc1F)O3. The van der Waals surface area contributed by atoms with Crippen molar-refractivity contribution in [3.05, 3.63) is 101 Å². The fourth-order valence-electron chi connectivity index (χ4n) is 5.86. The van der Waals surface area contributed by atoms with Crippen LogP contribution in [0.5, 0.6) is 17.2 Å². The first-order chi connectivity index (χ1) is 18.5. The third kappa shape index (κ3) is 3.97. The second-order valence-electron chi connectivity index (χ2n) is 10.1. The van der Waals surface area contributed by atoms with E-state index in [1.807, 2.05) is 30.4 Å². The summed E-state index contributed by atoms with van der Waals surface area (Å²) in [6.45, 7) is 4.19. The van der Waals surface area contributed by atoms with Crippen LogP contribution in [0, 0.1) is 12.7 Å². The number of halogens is 1. The average molecular weight is 510 g/mol. The van der Waals surface area contributed by atoms with Gasteiger partial charge in [0.25, 0.3) is 0 Å². The van der Waals surface area contributed by atoms with Crippen molar-refractivity contribution in [2.75, 3.05) is 32.2 Å². The smallest absolute Gasteiger partial charge is 0.180 e. The Kier molecular flexibility index (Phi) is 6.22. The number of anilines is 1. The van der Waals surface area contributed by atoms with Crippen LogP contribution in [0.2, 0.25) is 0 Å². The van der Waals surface area contributed by atoms with Gasteiger partial charge in [-0.3, -0.25) is 0 Å². The predicted molar refractivity (Wildman–Crippen MR) is 151 cm³/mol. The van der Waals surface area contributed by atoms with Gasteiger partial charge in [-0.1, -0.05) is 36.4 Å². The Labute approximate surface area is 223 Å². The van der Waals surface area contributed by atoms with E-state index in [0.29, 0.717) is 22.8 Å². The molecule has 0 bridgehead atoms. The maximum absolute atomic E-state index is 15.5. The third-order valence-corrected chi connectivity index (χ3v) is 7.87. The molecule has 4 aromatic carbocycles. The van der Waals surface area contributed by atoms with Crippen LogP contribution in [0.4, 0.5) is 10.1 Å². The van der Waals surface area contributed by atoms with Crippen molar-refractivity contribution in [2.24, 2.45) is 0 Å². The van der Waals surface area contributed by atoms with E-state index in [-0.39, 0.29) is 5.82 Å². The van der Waals surface area contributed by atoms with Crippen molar-refractivity contribution in [2.45, 2.75) is 31.8 Å². The summed E-state index contributed by atoms with van der Waals surface area (Å²) in [5, 5.41) is 1.82. The highest BCUT2D eigenvalue weighted by Gasteiger charge is 2.40. The lowest BCUT2D eigenvalue weighted by Crippen LogP contribution is -2.35. The lowest BCUT2D eigenvalue weighted by atomic mass is 9.82. The van der Waals surface area contributed by atoms with Crippen molar-refractivity contribution >= 4 is 22.5 Å². The first-order valence-electron chi connectivity index (χ1n) is 13.2. The molecule has 194 valence electrons. The van der Waals surface area contributed by atoms with Crippen molar-refractivity contribution in [1.82, 2.24) is 0 Å². The molecule has 0 radical (unpaired) electrons. The van der Waals surface area contributed by atoms with Crippen LogP contribution in [0.1, 0.15) is 41.5 Å². The maximum atomic E-state index is 15.5. The Hall–Kier alpha value is -3.99. The normalized spacial score (nSPS) is 18.7. The highest BCUT2D eigenvalue weighted by atomic mass is 19.1. The summed E-state index contributed by atoms with van der Waals surface area (Å²) in [7, 11) is 3.29. The lowest BCUT2D eigenvalue weighted by molar-refractivity contribution is 0.158. The van der Waals surface area contributed by atoms with E-state index in [9.17, 15) is 0 Å². The Balaban J connectivity index is 1.55. The van der Waals surface area contributed by atoms with Crippen molar-refractivity contribution in [3.8, 4) is 17.2 Å². The zero-order valence-corrected chi connectivity index (χ0v) is 22.1. The number of hydrogen-bond acceptors (Lipinski definition) is 4. The van der Waals surface area contributed by atoms with Crippen LogP contribution >= 0.6 is 0 Å². The molecular weight excluding hydrogens is 477 g/mol. The lowest BCUT2D eigenvalue weighted by Gasteiger charge is -2.37. The van der Waals surface area contributed by atoms with Gasteiger partial charge in [-0.15, -0.1) is 0 Å². The molecule has 5 heteroatoms. The van der Waals surface area contributed by atoms with Crippen LogP contribution in [-0.2, 0) is 5.60 Å². The topological polar surface area (TPSA) is 30.9 Å². The summed E-state index contributed by atoms with van der Waals surface area (Å²) in [6.07, 6.45) is 7.72. The van der Waals surface area contributed by atoms with Gasteiger partial charge in [-0.25, -0.2) is 4.39 Å². The van der Waals surface area contributed by atoms with Crippen LogP contribution in [0.25, 0.3) is 16.8 Å². The minimum atomic E-state index is -1.15. The molecule has 0 saturated carbocycles. The van der Waals surface area contributed by atoms with E-state index in [1.165, 1.54) is 31.0 Å². The largest absolute Gasteiger partial charge is 0.497 e. The van der Waals surface area contributed by atoms with Crippen molar-refractivity contribution in [3.63, 3.8) is 0 Å². The standard InChI is InChI=1S/C33H32FNO3/c1-22-19-23-15-16-33(28-9-5-6-10-29(28)34,24-11-13-25(14-12-24)35-17-7-4-8-18-35)38-32(23)31-27(22)20-26(36-2)21-30(31)37-3/h5-6,9-16,19-21H,4,7-8,17-18H2,1-3H3. The Morgan fingerprint density at radius 1 is 0.895 bits per heavy atom. The summed E-state index contributed by atoms with van der Waals surface area (Å²) >= 11 is 0. The molecule has 4 nitrogen and oxygen atoms in total. The first-order valence-corrected chi connectivity index (χ1v) is 13.2. The molecule has 0 N–H and O–H groups in total. The van der Waals surface area contributed by atoms with Gasteiger partial charge in [-0.05, 0) is 73.5 Å². The molecule has 1 unspecified atom stereocenters. The van der Waals surface area contributed by atoms with E-state index >= 15 is 4.39 Å². The number of fused-ring (bicyclic) bond motifs is 3. The van der Waals surface area contributed by atoms with Crippen LogP contribution in [-0.4, -0.2) is 27.3 Å². The molecule has 2 aliphatic heterocycles. The van der Waals surface area contributed by atoms with Crippen LogP contribution in [0.15, 0.2) is 72.8 Å². The number of rotatable bonds is 5. The summed E-state index contributed by atoms with van der Waals surface area (Å²) in [4.78, 5) is 2.42. The molecule has 0 amide bonds. The third-order valence-electron chi connectivity index (χ3n) is 7.87. The van der Waals surface area contributed by atoms with Crippen LogP contribution < -0.4 is 19.1 Å². The highest BCUT2D eigenvalue weighted by Crippen LogP contribution is 2.49. The van der Waals surface area contributed by atoms with Crippen molar-refractivity contribution in [1.29, 1.82) is 0 Å². The number of ether oxygens (including phenoxy) is 3. The van der Waals surface area contributed by atoms with Gasteiger partial charge in [0.05, 0.1) is 19.6 Å². The van der Waals surface area contributed by atoms with Gasteiger partial charge >= 0.3 is 0 Å². The molecule has 2 aliphatic rings. The van der Waals surface area contributed by atoms with Gasteiger partial charge in [-0.2, -0.15) is 0 Å². The zero-order valence-electron chi connectivity index (χ0n) is 22.1. The average Bonchev–Trinajstić information content (AvgIpc) is 2.97. The number of aryl methyl sites for hydroxylation is 1. The molecule has 0 spiro atoms. The van der Waals surface area contributed by atoms with Gasteiger partial charge in [0, 0.05) is 41.5 Å². The second-order valence-corrected chi connectivity index (χ2v) is 10.1. The maximum Gasteiger partial charge on any atom is 0.180 e.